The summed E-state index contributed by atoms with van der Waals surface area (Å²) in [6.45, 7) is 4.16. The van der Waals surface area contributed by atoms with Crippen LogP contribution in [0.15, 0.2) is 29.2 Å². The number of ether oxygens (including phenoxy) is 1. The number of amides is 1. The van der Waals surface area contributed by atoms with Crippen molar-refractivity contribution in [1.29, 1.82) is 0 Å². The molecule has 0 N–H and O–H groups in total. The van der Waals surface area contributed by atoms with Crippen LogP contribution in [0.4, 0.5) is 0 Å². The molecule has 0 aliphatic rings. The minimum Gasteiger partial charge on any atom is -0.469 e. The number of hydrogen-bond acceptors (Lipinski definition) is 4. The summed E-state index contributed by atoms with van der Waals surface area (Å²) in [5, 5.41) is 0. The molecule has 0 radical (unpaired) electrons. The lowest BCUT2D eigenvalue weighted by Crippen LogP contribution is -2.35. The van der Waals surface area contributed by atoms with E-state index in [0.29, 0.717) is 12.3 Å². The Labute approximate surface area is 124 Å². The van der Waals surface area contributed by atoms with E-state index < -0.39 is 0 Å². The quantitative estimate of drug-likeness (QED) is 0.597. The van der Waals surface area contributed by atoms with Gasteiger partial charge < -0.3 is 9.64 Å². The Morgan fingerprint density at radius 2 is 1.90 bits per heavy atom. The molecule has 0 heterocycles. The van der Waals surface area contributed by atoms with Crippen LogP contribution in [0.2, 0.25) is 0 Å². The third-order valence-corrected chi connectivity index (χ3v) is 3.96. The number of esters is 1. The molecule has 110 valence electrons. The fourth-order valence-electron chi connectivity index (χ4n) is 1.68. The second-order valence-electron chi connectivity index (χ2n) is 4.80. The number of nitrogens with zero attached hydrogens (tertiary/aromatic N) is 1. The molecule has 1 atom stereocenters. The molecule has 1 unspecified atom stereocenters. The normalized spacial score (nSPS) is 11.8. The maximum atomic E-state index is 12.0. The van der Waals surface area contributed by atoms with Gasteiger partial charge in [0, 0.05) is 18.5 Å². The molecule has 5 heteroatoms. The van der Waals surface area contributed by atoms with Gasteiger partial charge in [-0.25, -0.2) is 0 Å². The standard InChI is InChI=1S/C15H21NO3S/c1-11-5-7-13(8-6-11)20-10-14(17)16(3)9-12(2)15(18)19-4/h5-8,12H,9-10H2,1-4H3. The second-order valence-corrected chi connectivity index (χ2v) is 5.85. The monoisotopic (exact) mass is 295 g/mol. The molecule has 4 nitrogen and oxygen atoms in total. The topological polar surface area (TPSA) is 46.6 Å². The minimum atomic E-state index is -0.307. The van der Waals surface area contributed by atoms with Crippen molar-refractivity contribution in [1.82, 2.24) is 4.90 Å². The molecule has 0 saturated carbocycles. The van der Waals surface area contributed by atoms with Gasteiger partial charge in [-0.2, -0.15) is 0 Å². The van der Waals surface area contributed by atoms with E-state index in [0.717, 1.165) is 4.90 Å². The number of aryl methyl sites for hydroxylation is 1. The van der Waals surface area contributed by atoms with Gasteiger partial charge in [0.05, 0.1) is 18.8 Å². The number of carbonyl (C=O) groups excluding carboxylic acids is 2. The molecule has 1 amide bonds. The van der Waals surface area contributed by atoms with Gasteiger partial charge in [0.15, 0.2) is 0 Å². The highest BCUT2D eigenvalue weighted by Gasteiger charge is 2.18. The van der Waals surface area contributed by atoms with E-state index in [1.807, 2.05) is 31.2 Å². The number of benzene rings is 1. The molecule has 0 saturated heterocycles. The number of rotatable bonds is 6. The van der Waals surface area contributed by atoms with E-state index in [2.05, 4.69) is 4.74 Å². The highest BCUT2D eigenvalue weighted by molar-refractivity contribution is 8.00. The van der Waals surface area contributed by atoms with Crippen LogP contribution in [-0.4, -0.2) is 43.2 Å². The predicted octanol–water partition coefficient (Wildman–Crippen LogP) is 2.35. The first kappa shape index (κ1) is 16.6. The summed E-state index contributed by atoms with van der Waals surface area (Å²) in [4.78, 5) is 25.9. The highest BCUT2D eigenvalue weighted by atomic mass is 32.2. The maximum absolute atomic E-state index is 12.0. The molecular formula is C15H21NO3S. The molecule has 1 aromatic rings. The van der Waals surface area contributed by atoms with Crippen molar-refractivity contribution in [3.05, 3.63) is 29.8 Å². The molecule has 1 rings (SSSR count). The summed E-state index contributed by atoms with van der Waals surface area (Å²) in [6, 6.07) is 8.06. The summed E-state index contributed by atoms with van der Waals surface area (Å²) >= 11 is 1.50. The lowest BCUT2D eigenvalue weighted by Gasteiger charge is -2.20. The molecule has 1 aromatic carbocycles. The van der Waals surface area contributed by atoms with E-state index in [-0.39, 0.29) is 17.8 Å². The number of methoxy groups -OCH3 is 1. The lowest BCUT2D eigenvalue weighted by atomic mass is 10.2. The first-order valence-corrected chi connectivity index (χ1v) is 7.44. The van der Waals surface area contributed by atoms with Crippen LogP contribution in [0.5, 0.6) is 0 Å². The Kier molecular flexibility index (Phi) is 6.58. The lowest BCUT2D eigenvalue weighted by molar-refractivity contribution is -0.145. The van der Waals surface area contributed by atoms with Crippen molar-refractivity contribution >= 4 is 23.6 Å². The van der Waals surface area contributed by atoms with Crippen molar-refractivity contribution in [3.63, 3.8) is 0 Å². The molecule has 0 aromatic heterocycles. The van der Waals surface area contributed by atoms with Crippen molar-refractivity contribution in [2.24, 2.45) is 5.92 Å². The largest absolute Gasteiger partial charge is 0.469 e. The van der Waals surface area contributed by atoms with Crippen LogP contribution in [-0.2, 0) is 14.3 Å². The van der Waals surface area contributed by atoms with E-state index >= 15 is 0 Å². The summed E-state index contributed by atoms with van der Waals surface area (Å²) in [5.74, 6) is -0.228. The molecular weight excluding hydrogens is 274 g/mol. The Morgan fingerprint density at radius 1 is 1.30 bits per heavy atom. The molecule has 0 bridgehead atoms. The van der Waals surface area contributed by atoms with Crippen LogP contribution in [0.1, 0.15) is 12.5 Å². The highest BCUT2D eigenvalue weighted by Crippen LogP contribution is 2.18. The fraction of sp³-hybridized carbons (Fsp3) is 0.467. The van der Waals surface area contributed by atoms with E-state index in [4.69, 9.17) is 0 Å². The second kappa shape index (κ2) is 7.94. The summed E-state index contributed by atoms with van der Waals surface area (Å²) in [5.41, 5.74) is 1.20. The number of hydrogen-bond donors (Lipinski definition) is 0. The van der Waals surface area contributed by atoms with Gasteiger partial charge in [0.1, 0.15) is 0 Å². The van der Waals surface area contributed by atoms with Crippen LogP contribution < -0.4 is 0 Å². The van der Waals surface area contributed by atoms with Gasteiger partial charge in [-0.05, 0) is 19.1 Å². The average molecular weight is 295 g/mol. The predicted molar refractivity (Wildman–Crippen MR) is 80.7 cm³/mol. The third kappa shape index (κ3) is 5.25. The molecule has 0 fully saturated rings. The zero-order valence-corrected chi connectivity index (χ0v) is 13.2. The van der Waals surface area contributed by atoms with Gasteiger partial charge in [-0.1, -0.05) is 24.6 Å². The Morgan fingerprint density at radius 3 is 2.45 bits per heavy atom. The summed E-state index contributed by atoms with van der Waals surface area (Å²) < 4.78 is 4.65. The summed E-state index contributed by atoms with van der Waals surface area (Å²) in [7, 11) is 3.06. The van der Waals surface area contributed by atoms with Crippen LogP contribution in [0, 0.1) is 12.8 Å². The number of thioether (sulfide) groups is 1. The van der Waals surface area contributed by atoms with Gasteiger partial charge in [0.25, 0.3) is 0 Å². The maximum Gasteiger partial charge on any atom is 0.310 e. The van der Waals surface area contributed by atoms with E-state index in [1.54, 1.807) is 18.9 Å². The third-order valence-electron chi connectivity index (χ3n) is 2.96. The Bertz CT molecular complexity index is 459. The first-order chi connectivity index (χ1) is 9.43. The van der Waals surface area contributed by atoms with Gasteiger partial charge in [-0.3, -0.25) is 9.59 Å². The van der Waals surface area contributed by atoms with Crippen molar-refractivity contribution < 1.29 is 14.3 Å². The van der Waals surface area contributed by atoms with E-state index in [1.165, 1.54) is 24.4 Å². The van der Waals surface area contributed by atoms with Crippen molar-refractivity contribution in [3.8, 4) is 0 Å². The van der Waals surface area contributed by atoms with E-state index in [9.17, 15) is 9.59 Å². The van der Waals surface area contributed by atoms with Crippen molar-refractivity contribution in [2.45, 2.75) is 18.7 Å². The zero-order chi connectivity index (χ0) is 15.1. The SMILES string of the molecule is COC(=O)C(C)CN(C)C(=O)CSc1ccc(C)cc1. The summed E-state index contributed by atoms with van der Waals surface area (Å²) in [6.07, 6.45) is 0. The molecule has 0 aliphatic carbocycles. The van der Waals surface area contributed by atoms with Crippen LogP contribution in [0.25, 0.3) is 0 Å². The zero-order valence-electron chi connectivity index (χ0n) is 12.4. The minimum absolute atomic E-state index is 0.00586. The molecule has 0 aliphatic heterocycles. The Hall–Kier alpha value is -1.49. The first-order valence-electron chi connectivity index (χ1n) is 6.45. The van der Waals surface area contributed by atoms with Gasteiger partial charge in [-0.15, -0.1) is 11.8 Å². The smallest absolute Gasteiger partial charge is 0.310 e. The van der Waals surface area contributed by atoms with Crippen LogP contribution >= 0.6 is 11.8 Å². The average Bonchev–Trinajstić information content (AvgIpc) is 2.45. The van der Waals surface area contributed by atoms with Gasteiger partial charge in [0.2, 0.25) is 5.91 Å². The molecule has 20 heavy (non-hydrogen) atoms. The molecule has 0 spiro atoms. The Balaban J connectivity index is 2.42. The van der Waals surface area contributed by atoms with Gasteiger partial charge >= 0.3 is 5.97 Å². The number of carbonyl (C=O) groups is 2. The van der Waals surface area contributed by atoms with Crippen LogP contribution in [0.3, 0.4) is 0 Å². The van der Waals surface area contributed by atoms with Crippen molar-refractivity contribution in [2.75, 3.05) is 26.5 Å². The fourth-order valence-corrected chi connectivity index (χ4v) is 2.52.